The van der Waals surface area contributed by atoms with Gasteiger partial charge in [0.15, 0.2) is 5.75 Å². The first-order chi connectivity index (χ1) is 17.1. The molecular formula is C24H17F4IN4O3. The first-order valence-electron chi connectivity index (χ1n) is 10.3. The van der Waals surface area contributed by atoms with Crippen molar-refractivity contribution in [1.29, 1.82) is 0 Å². The summed E-state index contributed by atoms with van der Waals surface area (Å²) in [4.78, 5) is 12.5. The molecule has 36 heavy (non-hydrogen) atoms. The summed E-state index contributed by atoms with van der Waals surface area (Å²) in [6, 6.07) is 16.7. The van der Waals surface area contributed by atoms with Gasteiger partial charge in [0.05, 0.1) is 17.1 Å². The van der Waals surface area contributed by atoms with Crippen LogP contribution in [-0.2, 0) is 0 Å². The zero-order valence-electron chi connectivity index (χ0n) is 18.4. The van der Waals surface area contributed by atoms with Gasteiger partial charge in [-0.1, -0.05) is 12.1 Å². The third-order valence-corrected chi connectivity index (χ3v) is 5.50. The second-order valence-electron chi connectivity index (χ2n) is 7.38. The van der Waals surface area contributed by atoms with Gasteiger partial charge in [-0.15, -0.1) is 13.2 Å². The fraction of sp³-hybridized carbons (Fsp3) is 0.0833. The summed E-state index contributed by atoms with van der Waals surface area (Å²) in [6.45, 7) is 1.78. The van der Waals surface area contributed by atoms with Crippen molar-refractivity contribution in [2.45, 2.75) is 13.3 Å². The van der Waals surface area contributed by atoms with Crippen LogP contribution in [0.25, 0.3) is 5.69 Å². The highest BCUT2D eigenvalue weighted by Crippen LogP contribution is 2.32. The second-order valence-corrected chi connectivity index (χ2v) is 8.54. The van der Waals surface area contributed by atoms with E-state index in [1.165, 1.54) is 28.9 Å². The molecule has 0 unspecified atom stereocenters. The van der Waals surface area contributed by atoms with Crippen LogP contribution in [0, 0.1) is 16.3 Å². The van der Waals surface area contributed by atoms with Crippen LogP contribution in [-0.4, -0.2) is 22.2 Å². The first-order valence-corrected chi connectivity index (χ1v) is 11.4. The van der Waals surface area contributed by atoms with Crippen molar-refractivity contribution in [3.8, 4) is 23.1 Å². The van der Waals surface area contributed by atoms with Gasteiger partial charge in [-0.05, 0) is 84.1 Å². The van der Waals surface area contributed by atoms with Crippen molar-refractivity contribution in [3.63, 3.8) is 0 Å². The van der Waals surface area contributed by atoms with Gasteiger partial charge in [0, 0.05) is 15.3 Å². The molecule has 0 atom stereocenters. The maximum atomic E-state index is 13.6. The molecule has 0 aliphatic rings. The van der Waals surface area contributed by atoms with Crippen LogP contribution >= 0.6 is 22.6 Å². The lowest BCUT2D eigenvalue weighted by Crippen LogP contribution is -2.20. The van der Waals surface area contributed by atoms with E-state index in [9.17, 15) is 22.4 Å². The van der Waals surface area contributed by atoms with Gasteiger partial charge in [-0.25, -0.2) is 9.18 Å². The smallest absolute Gasteiger partial charge is 0.437 e. The summed E-state index contributed by atoms with van der Waals surface area (Å²) >= 11 is 2.00. The second kappa shape index (κ2) is 10.4. The molecule has 0 saturated heterocycles. The van der Waals surface area contributed by atoms with Crippen molar-refractivity contribution >= 4 is 40.0 Å². The standard InChI is InChI=1S/C24H17F4IN4O3/c1-14-12-22(33(32-14)20-11-6-15(25)13-18(20)29)35-21-5-3-2-4-19(21)31-23(34)30-16-7-9-17(10-8-16)36-24(26,27)28/h2-13H,1H3,(H2,30,31,34). The number of alkyl halides is 3. The molecule has 1 heterocycles. The Morgan fingerprint density at radius 3 is 2.42 bits per heavy atom. The van der Waals surface area contributed by atoms with Gasteiger partial charge < -0.3 is 20.1 Å². The lowest BCUT2D eigenvalue weighted by Gasteiger charge is -2.14. The fourth-order valence-corrected chi connectivity index (χ4v) is 3.88. The number of nitrogens with zero attached hydrogens (tertiary/aromatic N) is 2. The quantitative estimate of drug-likeness (QED) is 0.178. The minimum atomic E-state index is -4.81. The Morgan fingerprint density at radius 1 is 1.00 bits per heavy atom. The number of urea groups is 1. The zero-order valence-corrected chi connectivity index (χ0v) is 20.6. The monoisotopic (exact) mass is 612 g/mol. The molecule has 0 bridgehead atoms. The Balaban J connectivity index is 1.50. The Labute approximate surface area is 216 Å². The van der Waals surface area contributed by atoms with Crippen LogP contribution in [0.15, 0.2) is 72.8 Å². The van der Waals surface area contributed by atoms with E-state index in [1.807, 2.05) is 22.6 Å². The van der Waals surface area contributed by atoms with Crippen LogP contribution in [0.1, 0.15) is 5.69 Å². The minimum Gasteiger partial charge on any atom is -0.437 e. The number of benzene rings is 3. The molecule has 12 heteroatoms. The maximum Gasteiger partial charge on any atom is 0.573 e. The molecule has 4 aromatic rings. The van der Waals surface area contributed by atoms with Gasteiger partial charge in [0.25, 0.3) is 0 Å². The summed E-state index contributed by atoms with van der Waals surface area (Å²) in [7, 11) is 0. The summed E-state index contributed by atoms with van der Waals surface area (Å²) < 4.78 is 62.5. The number of hydrogen-bond donors (Lipinski definition) is 2. The lowest BCUT2D eigenvalue weighted by molar-refractivity contribution is -0.274. The molecule has 2 N–H and O–H groups in total. The van der Waals surface area contributed by atoms with E-state index in [0.717, 1.165) is 12.1 Å². The van der Waals surface area contributed by atoms with Crippen LogP contribution < -0.4 is 20.1 Å². The van der Waals surface area contributed by atoms with Gasteiger partial charge >= 0.3 is 12.4 Å². The number of para-hydroxylation sites is 2. The van der Waals surface area contributed by atoms with E-state index in [2.05, 4.69) is 20.5 Å². The number of aryl methyl sites for hydroxylation is 1. The first kappa shape index (κ1) is 25.3. The number of rotatable bonds is 6. The molecule has 0 saturated carbocycles. The molecule has 186 valence electrons. The van der Waals surface area contributed by atoms with Gasteiger partial charge in [-0.3, -0.25) is 0 Å². The van der Waals surface area contributed by atoms with E-state index in [4.69, 9.17) is 4.74 Å². The molecular weight excluding hydrogens is 595 g/mol. The number of amides is 2. The SMILES string of the molecule is Cc1cc(Oc2ccccc2NC(=O)Nc2ccc(OC(F)(F)F)cc2)n(-c2ccc(F)cc2I)n1. The van der Waals surface area contributed by atoms with Crippen LogP contribution in [0.2, 0.25) is 0 Å². The molecule has 7 nitrogen and oxygen atoms in total. The minimum absolute atomic E-state index is 0.250. The highest BCUT2D eigenvalue weighted by molar-refractivity contribution is 14.1. The average molecular weight is 612 g/mol. The van der Waals surface area contributed by atoms with Crippen LogP contribution in [0.4, 0.5) is 33.7 Å². The van der Waals surface area contributed by atoms with Crippen LogP contribution in [0.5, 0.6) is 17.4 Å². The van der Waals surface area contributed by atoms with Crippen molar-refractivity contribution in [3.05, 3.63) is 87.9 Å². The number of anilines is 2. The van der Waals surface area contributed by atoms with E-state index in [-0.39, 0.29) is 11.5 Å². The molecule has 0 spiro atoms. The number of aromatic nitrogens is 2. The predicted molar refractivity (Wildman–Crippen MR) is 133 cm³/mol. The van der Waals surface area contributed by atoms with E-state index < -0.39 is 18.1 Å². The van der Waals surface area contributed by atoms with E-state index in [1.54, 1.807) is 43.3 Å². The summed E-state index contributed by atoms with van der Waals surface area (Å²) in [5, 5.41) is 9.61. The van der Waals surface area contributed by atoms with Crippen molar-refractivity contribution < 1.29 is 31.8 Å². The molecule has 0 aliphatic heterocycles. The van der Waals surface area contributed by atoms with Crippen LogP contribution in [0.3, 0.4) is 0 Å². The predicted octanol–water partition coefficient (Wildman–Crippen LogP) is 7.26. The summed E-state index contributed by atoms with van der Waals surface area (Å²) in [6.07, 6.45) is -4.81. The molecule has 2 amide bonds. The molecule has 4 rings (SSSR count). The largest absolute Gasteiger partial charge is 0.573 e. The average Bonchev–Trinajstić information content (AvgIpc) is 3.15. The fourth-order valence-electron chi connectivity index (χ4n) is 3.17. The number of carbonyl (C=O) groups is 1. The molecule has 0 aliphatic carbocycles. The molecule has 0 radical (unpaired) electrons. The molecule has 3 aromatic carbocycles. The number of halogens is 5. The Morgan fingerprint density at radius 2 is 1.72 bits per heavy atom. The Hall–Kier alpha value is -3.81. The Kier molecular flexibility index (Phi) is 7.33. The summed E-state index contributed by atoms with van der Waals surface area (Å²) in [5.74, 6) is -0.140. The van der Waals surface area contributed by atoms with Crippen molar-refractivity contribution in [2.24, 2.45) is 0 Å². The lowest BCUT2D eigenvalue weighted by atomic mass is 10.3. The Bertz CT molecular complexity index is 1390. The number of carbonyl (C=O) groups excluding carboxylic acids is 1. The summed E-state index contributed by atoms with van der Waals surface area (Å²) in [5.41, 5.74) is 1.85. The van der Waals surface area contributed by atoms with Gasteiger partial charge in [-0.2, -0.15) is 9.78 Å². The molecule has 1 aromatic heterocycles. The highest BCUT2D eigenvalue weighted by atomic mass is 127. The third-order valence-electron chi connectivity index (χ3n) is 4.63. The molecule has 0 fully saturated rings. The zero-order chi connectivity index (χ0) is 25.9. The van der Waals surface area contributed by atoms with Gasteiger partial charge in [0.1, 0.15) is 11.6 Å². The van der Waals surface area contributed by atoms with E-state index in [0.29, 0.717) is 32.3 Å². The van der Waals surface area contributed by atoms with E-state index >= 15 is 0 Å². The highest BCUT2D eigenvalue weighted by Gasteiger charge is 2.31. The van der Waals surface area contributed by atoms with Gasteiger partial charge in [0.2, 0.25) is 5.88 Å². The maximum absolute atomic E-state index is 13.6. The number of hydrogen-bond acceptors (Lipinski definition) is 4. The topological polar surface area (TPSA) is 77.4 Å². The number of ether oxygens (including phenoxy) is 2. The normalized spacial score (nSPS) is 11.2. The third kappa shape index (κ3) is 6.44. The van der Waals surface area contributed by atoms with Crippen molar-refractivity contribution in [2.75, 3.05) is 10.6 Å². The van der Waals surface area contributed by atoms with Crippen molar-refractivity contribution in [1.82, 2.24) is 9.78 Å². The number of nitrogens with one attached hydrogen (secondary N) is 2.